The van der Waals surface area contributed by atoms with Crippen LogP contribution < -0.4 is 4.72 Å². The first-order chi connectivity index (χ1) is 8.88. The van der Waals surface area contributed by atoms with E-state index in [9.17, 15) is 8.42 Å². The van der Waals surface area contributed by atoms with Crippen LogP contribution in [0.2, 0.25) is 0 Å². The normalized spacial score (nSPS) is 21.3. The molecule has 2 rings (SSSR count). The highest BCUT2D eigenvalue weighted by atomic mass is 79.9. The quantitative estimate of drug-likeness (QED) is 0.913. The zero-order valence-electron chi connectivity index (χ0n) is 11.1. The van der Waals surface area contributed by atoms with E-state index in [-0.39, 0.29) is 0 Å². The highest BCUT2D eigenvalue weighted by molar-refractivity contribution is 9.10. The summed E-state index contributed by atoms with van der Waals surface area (Å²) in [6.07, 6.45) is 2.00. The minimum absolute atomic E-state index is 0.360. The molecule has 19 heavy (non-hydrogen) atoms. The Morgan fingerprint density at radius 3 is 2.84 bits per heavy atom. The van der Waals surface area contributed by atoms with Crippen molar-refractivity contribution in [2.75, 3.05) is 17.8 Å². The minimum Gasteiger partial charge on any atom is -0.254 e. The van der Waals surface area contributed by atoms with Gasteiger partial charge in [0.1, 0.15) is 5.82 Å². The van der Waals surface area contributed by atoms with E-state index in [0.29, 0.717) is 24.8 Å². The number of hydrogen-bond acceptors (Lipinski definition) is 3. The lowest BCUT2D eigenvalue weighted by Crippen LogP contribution is -2.42. The van der Waals surface area contributed by atoms with Gasteiger partial charge in [-0.1, -0.05) is 6.92 Å². The first-order valence-corrected chi connectivity index (χ1v) is 8.53. The van der Waals surface area contributed by atoms with Crippen LogP contribution in [0, 0.1) is 12.8 Å². The fourth-order valence-electron chi connectivity index (χ4n) is 2.16. The summed E-state index contributed by atoms with van der Waals surface area (Å²) in [7, 11) is -3.49. The van der Waals surface area contributed by atoms with Gasteiger partial charge in [0.15, 0.2) is 0 Å². The Hall–Kier alpha value is -0.660. The van der Waals surface area contributed by atoms with E-state index < -0.39 is 10.2 Å². The van der Waals surface area contributed by atoms with Crippen molar-refractivity contribution in [2.45, 2.75) is 26.7 Å². The number of pyridine rings is 1. The molecule has 1 N–H and O–H groups in total. The highest BCUT2D eigenvalue weighted by Gasteiger charge is 2.27. The molecule has 1 saturated heterocycles. The summed E-state index contributed by atoms with van der Waals surface area (Å²) >= 11 is 3.34. The summed E-state index contributed by atoms with van der Waals surface area (Å²) in [5.74, 6) is 0.767. The molecule has 1 aliphatic rings. The Balaban J connectivity index is 2.14. The first kappa shape index (κ1) is 14.7. The number of piperidine rings is 1. The molecule has 1 fully saturated rings. The fourth-order valence-corrected chi connectivity index (χ4v) is 3.71. The van der Waals surface area contributed by atoms with Gasteiger partial charge in [0.2, 0.25) is 0 Å². The zero-order valence-corrected chi connectivity index (χ0v) is 13.5. The maximum Gasteiger partial charge on any atom is 0.302 e. The van der Waals surface area contributed by atoms with Gasteiger partial charge in [-0.15, -0.1) is 0 Å². The van der Waals surface area contributed by atoms with Gasteiger partial charge in [-0.2, -0.15) is 12.7 Å². The third-order valence-corrected chi connectivity index (χ3v) is 5.53. The van der Waals surface area contributed by atoms with E-state index in [2.05, 4.69) is 32.6 Å². The summed E-state index contributed by atoms with van der Waals surface area (Å²) in [5, 5.41) is 0. The molecule has 0 bridgehead atoms. The van der Waals surface area contributed by atoms with Crippen molar-refractivity contribution in [3.8, 4) is 0 Å². The molecule has 1 aliphatic heterocycles. The number of hydrogen-bond donors (Lipinski definition) is 1. The van der Waals surface area contributed by atoms with Crippen molar-refractivity contribution in [1.29, 1.82) is 0 Å². The van der Waals surface area contributed by atoms with Crippen molar-refractivity contribution in [3.63, 3.8) is 0 Å². The molecule has 2 heterocycles. The molecular weight excluding hydrogens is 330 g/mol. The average molecular weight is 348 g/mol. The number of aryl methyl sites for hydroxylation is 1. The summed E-state index contributed by atoms with van der Waals surface area (Å²) in [6, 6.07) is 3.45. The molecule has 1 atom stereocenters. The molecule has 0 aromatic carbocycles. The molecule has 0 saturated carbocycles. The second-order valence-electron chi connectivity index (χ2n) is 4.98. The highest BCUT2D eigenvalue weighted by Crippen LogP contribution is 2.21. The van der Waals surface area contributed by atoms with Gasteiger partial charge < -0.3 is 0 Å². The number of rotatable bonds is 3. The van der Waals surface area contributed by atoms with Gasteiger partial charge in [-0.05, 0) is 53.7 Å². The summed E-state index contributed by atoms with van der Waals surface area (Å²) in [5.41, 5.74) is 0.757. The summed E-state index contributed by atoms with van der Waals surface area (Å²) < 4.78 is 29.4. The minimum atomic E-state index is -3.49. The molecule has 5 nitrogen and oxygen atoms in total. The lowest BCUT2D eigenvalue weighted by Gasteiger charge is -2.29. The maximum absolute atomic E-state index is 12.3. The first-order valence-electron chi connectivity index (χ1n) is 6.29. The fraction of sp³-hybridized carbons (Fsp3) is 0.583. The molecular formula is C12H18BrN3O2S. The van der Waals surface area contributed by atoms with Crippen LogP contribution in [-0.2, 0) is 10.2 Å². The van der Waals surface area contributed by atoms with Gasteiger partial charge >= 0.3 is 10.2 Å². The Kier molecular flexibility index (Phi) is 4.47. The van der Waals surface area contributed by atoms with E-state index in [4.69, 9.17) is 0 Å². The van der Waals surface area contributed by atoms with Crippen LogP contribution >= 0.6 is 15.9 Å². The molecule has 0 amide bonds. The van der Waals surface area contributed by atoms with Gasteiger partial charge in [0.25, 0.3) is 0 Å². The van der Waals surface area contributed by atoms with Crippen LogP contribution in [0.3, 0.4) is 0 Å². The predicted octanol–water partition coefficient (Wildman–Crippen LogP) is 2.54. The molecule has 1 aromatic heterocycles. The predicted molar refractivity (Wildman–Crippen MR) is 79.2 cm³/mol. The second kappa shape index (κ2) is 5.76. The Morgan fingerprint density at radius 1 is 1.47 bits per heavy atom. The number of halogens is 1. The van der Waals surface area contributed by atoms with Crippen LogP contribution in [0.15, 0.2) is 16.6 Å². The lowest BCUT2D eigenvalue weighted by molar-refractivity contribution is 0.282. The van der Waals surface area contributed by atoms with Crippen molar-refractivity contribution < 1.29 is 8.42 Å². The molecule has 0 aliphatic carbocycles. The van der Waals surface area contributed by atoms with Crippen LogP contribution in [0.5, 0.6) is 0 Å². The lowest BCUT2D eigenvalue weighted by atomic mass is 10.0. The summed E-state index contributed by atoms with van der Waals surface area (Å²) in [4.78, 5) is 4.21. The van der Waals surface area contributed by atoms with Gasteiger partial charge in [0, 0.05) is 17.6 Å². The van der Waals surface area contributed by atoms with Gasteiger partial charge in [0.05, 0.1) is 5.69 Å². The second-order valence-corrected chi connectivity index (χ2v) is 7.50. The number of anilines is 1. The SMILES string of the molecule is Cc1nc(NS(=O)(=O)N2CCCC(C)C2)ccc1Br. The van der Waals surface area contributed by atoms with Crippen LogP contribution in [-0.4, -0.2) is 30.8 Å². The number of nitrogens with zero attached hydrogens (tertiary/aromatic N) is 2. The molecule has 106 valence electrons. The van der Waals surface area contributed by atoms with E-state index in [1.54, 1.807) is 12.1 Å². The van der Waals surface area contributed by atoms with Gasteiger partial charge in [-0.3, -0.25) is 4.72 Å². The molecule has 0 spiro atoms. The van der Waals surface area contributed by atoms with Crippen LogP contribution in [0.1, 0.15) is 25.5 Å². The standard InChI is InChI=1S/C12H18BrN3O2S/c1-9-4-3-7-16(8-9)19(17,18)15-12-6-5-11(13)10(2)14-12/h5-6,9H,3-4,7-8H2,1-2H3,(H,14,15). The zero-order chi connectivity index (χ0) is 14.0. The topological polar surface area (TPSA) is 62.3 Å². The van der Waals surface area contributed by atoms with Crippen molar-refractivity contribution in [1.82, 2.24) is 9.29 Å². The van der Waals surface area contributed by atoms with Crippen molar-refractivity contribution in [2.24, 2.45) is 5.92 Å². The van der Waals surface area contributed by atoms with Crippen molar-refractivity contribution in [3.05, 3.63) is 22.3 Å². The maximum atomic E-state index is 12.3. The molecule has 7 heteroatoms. The van der Waals surface area contributed by atoms with E-state index >= 15 is 0 Å². The monoisotopic (exact) mass is 347 g/mol. The largest absolute Gasteiger partial charge is 0.302 e. The average Bonchev–Trinajstić information content (AvgIpc) is 2.33. The molecule has 1 unspecified atom stereocenters. The smallest absolute Gasteiger partial charge is 0.254 e. The van der Waals surface area contributed by atoms with E-state index in [1.165, 1.54) is 4.31 Å². The third-order valence-electron chi connectivity index (χ3n) is 3.21. The molecule has 0 radical (unpaired) electrons. The number of nitrogens with one attached hydrogen (secondary N) is 1. The van der Waals surface area contributed by atoms with E-state index in [1.807, 2.05) is 6.92 Å². The van der Waals surface area contributed by atoms with Gasteiger partial charge in [-0.25, -0.2) is 4.98 Å². The Morgan fingerprint density at radius 2 is 2.21 bits per heavy atom. The number of aromatic nitrogens is 1. The van der Waals surface area contributed by atoms with E-state index in [0.717, 1.165) is 23.0 Å². The van der Waals surface area contributed by atoms with Crippen molar-refractivity contribution >= 4 is 32.0 Å². The van der Waals surface area contributed by atoms with Crippen LogP contribution in [0.4, 0.5) is 5.82 Å². The summed E-state index contributed by atoms with van der Waals surface area (Å²) in [6.45, 7) is 5.05. The Labute approximate surface area is 122 Å². The Bertz CT molecular complexity index is 562. The third kappa shape index (κ3) is 3.67. The van der Waals surface area contributed by atoms with Crippen LogP contribution in [0.25, 0.3) is 0 Å². The molecule has 1 aromatic rings.